The number of rotatable bonds is 6. The third-order valence-corrected chi connectivity index (χ3v) is 4.50. The Morgan fingerprint density at radius 2 is 1.85 bits per heavy atom. The molecule has 0 aromatic rings. The molecular formula is C15H26N2O3. The third-order valence-electron chi connectivity index (χ3n) is 4.50. The topological polar surface area (TPSA) is 69.6 Å². The minimum atomic E-state index is -0.939. The first-order valence-electron chi connectivity index (χ1n) is 7.83. The van der Waals surface area contributed by atoms with Crippen LogP contribution < -0.4 is 5.32 Å². The molecule has 2 aliphatic rings. The van der Waals surface area contributed by atoms with Gasteiger partial charge in [-0.3, -0.25) is 4.79 Å². The first-order valence-corrected chi connectivity index (χ1v) is 7.83. The second kappa shape index (κ2) is 6.95. The van der Waals surface area contributed by atoms with Crippen molar-refractivity contribution in [2.45, 2.75) is 57.9 Å². The number of carbonyl (C=O) groups is 2. The summed E-state index contributed by atoms with van der Waals surface area (Å²) in [5, 5.41) is 11.9. The van der Waals surface area contributed by atoms with Crippen molar-refractivity contribution in [3.8, 4) is 0 Å². The van der Waals surface area contributed by atoms with E-state index in [0.717, 1.165) is 12.8 Å². The Morgan fingerprint density at radius 1 is 1.20 bits per heavy atom. The fourth-order valence-corrected chi connectivity index (χ4v) is 3.03. The van der Waals surface area contributed by atoms with E-state index in [2.05, 4.69) is 5.32 Å². The van der Waals surface area contributed by atoms with Crippen molar-refractivity contribution in [1.82, 2.24) is 10.2 Å². The molecule has 0 bridgehead atoms. The fourth-order valence-electron chi connectivity index (χ4n) is 3.03. The van der Waals surface area contributed by atoms with E-state index in [1.807, 2.05) is 6.92 Å². The van der Waals surface area contributed by atoms with Crippen LogP contribution in [-0.2, 0) is 4.79 Å². The first kappa shape index (κ1) is 15.1. The van der Waals surface area contributed by atoms with Crippen molar-refractivity contribution in [2.24, 2.45) is 11.8 Å². The highest BCUT2D eigenvalue weighted by molar-refractivity contribution is 5.80. The number of carboxylic acids is 1. The summed E-state index contributed by atoms with van der Waals surface area (Å²) in [5.74, 6) is 0.108. The van der Waals surface area contributed by atoms with Crippen LogP contribution in [0.15, 0.2) is 0 Å². The average Bonchev–Trinajstić information content (AvgIpc) is 3.22. The molecule has 20 heavy (non-hydrogen) atoms. The second-order valence-corrected chi connectivity index (χ2v) is 6.35. The quantitative estimate of drug-likeness (QED) is 0.786. The van der Waals surface area contributed by atoms with Crippen LogP contribution in [0.1, 0.15) is 51.9 Å². The minimum Gasteiger partial charge on any atom is -0.480 e. The van der Waals surface area contributed by atoms with Crippen molar-refractivity contribution in [3.63, 3.8) is 0 Å². The Kier molecular flexibility index (Phi) is 5.26. The van der Waals surface area contributed by atoms with Crippen LogP contribution in [0.25, 0.3) is 0 Å². The molecule has 2 rings (SSSR count). The molecule has 0 radical (unpaired) electrons. The second-order valence-electron chi connectivity index (χ2n) is 6.35. The molecule has 0 heterocycles. The molecule has 1 atom stereocenters. The van der Waals surface area contributed by atoms with E-state index >= 15 is 0 Å². The number of nitrogens with zero attached hydrogens (tertiary/aromatic N) is 1. The summed E-state index contributed by atoms with van der Waals surface area (Å²) in [7, 11) is 0. The Balaban J connectivity index is 1.83. The molecule has 0 aromatic heterocycles. The molecule has 0 saturated heterocycles. The standard InChI is InChI=1S/C15H26N2O3/c1-11(13-5-3-2-4-6-13)16-15(20)17(10-14(18)19)9-12-7-8-12/h11-13H,2-10H2,1H3,(H,16,20)(H,18,19). The molecule has 1 unspecified atom stereocenters. The molecule has 114 valence electrons. The predicted octanol–water partition coefficient (Wildman–Crippen LogP) is 2.46. The van der Waals surface area contributed by atoms with Crippen LogP contribution >= 0.6 is 0 Å². The van der Waals surface area contributed by atoms with Crippen molar-refractivity contribution in [1.29, 1.82) is 0 Å². The highest BCUT2D eigenvalue weighted by Crippen LogP contribution is 2.30. The number of amides is 2. The zero-order valence-electron chi connectivity index (χ0n) is 12.3. The van der Waals surface area contributed by atoms with Crippen molar-refractivity contribution < 1.29 is 14.7 Å². The molecule has 2 saturated carbocycles. The number of carbonyl (C=O) groups excluding carboxylic acids is 1. The molecule has 2 N–H and O–H groups in total. The first-order chi connectivity index (χ1) is 9.56. The maximum absolute atomic E-state index is 12.2. The van der Waals surface area contributed by atoms with E-state index in [-0.39, 0.29) is 18.6 Å². The summed E-state index contributed by atoms with van der Waals surface area (Å²) in [6.07, 6.45) is 8.34. The van der Waals surface area contributed by atoms with Crippen LogP contribution in [-0.4, -0.2) is 41.1 Å². The van der Waals surface area contributed by atoms with Crippen molar-refractivity contribution in [3.05, 3.63) is 0 Å². The highest BCUT2D eigenvalue weighted by Gasteiger charge is 2.29. The number of hydrogen-bond acceptors (Lipinski definition) is 2. The normalized spacial score (nSPS) is 21.2. The van der Waals surface area contributed by atoms with Gasteiger partial charge in [0.1, 0.15) is 6.54 Å². The zero-order chi connectivity index (χ0) is 14.5. The Bertz CT molecular complexity index is 349. The number of urea groups is 1. The van der Waals surface area contributed by atoms with Gasteiger partial charge in [0.15, 0.2) is 0 Å². The summed E-state index contributed by atoms with van der Waals surface area (Å²) in [6.45, 7) is 2.43. The molecule has 0 aliphatic heterocycles. The van der Waals surface area contributed by atoms with Crippen molar-refractivity contribution >= 4 is 12.0 Å². The molecule has 2 fully saturated rings. The zero-order valence-corrected chi connectivity index (χ0v) is 12.3. The van der Waals surface area contributed by atoms with Gasteiger partial charge in [-0.1, -0.05) is 19.3 Å². The maximum atomic E-state index is 12.2. The van der Waals surface area contributed by atoms with Gasteiger partial charge in [0.2, 0.25) is 0 Å². The van der Waals surface area contributed by atoms with E-state index in [1.54, 1.807) is 0 Å². The fraction of sp³-hybridized carbons (Fsp3) is 0.867. The van der Waals surface area contributed by atoms with Gasteiger partial charge >= 0.3 is 12.0 Å². The van der Waals surface area contributed by atoms with Crippen LogP contribution in [0.5, 0.6) is 0 Å². The smallest absolute Gasteiger partial charge is 0.323 e. The largest absolute Gasteiger partial charge is 0.480 e. The number of hydrogen-bond donors (Lipinski definition) is 2. The lowest BCUT2D eigenvalue weighted by molar-refractivity contribution is -0.137. The monoisotopic (exact) mass is 282 g/mol. The summed E-state index contributed by atoms with van der Waals surface area (Å²) < 4.78 is 0. The highest BCUT2D eigenvalue weighted by atomic mass is 16.4. The van der Waals surface area contributed by atoms with Crippen molar-refractivity contribution in [2.75, 3.05) is 13.1 Å². The number of carboxylic acid groups (broad SMARTS) is 1. The van der Waals surface area contributed by atoms with Gasteiger partial charge < -0.3 is 15.3 Å². The average molecular weight is 282 g/mol. The van der Waals surface area contributed by atoms with E-state index in [9.17, 15) is 9.59 Å². The minimum absolute atomic E-state index is 0.137. The van der Waals surface area contributed by atoms with Gasteiger partial charge in [-0.25, -0.2) is 4.79 Å². The lowest BCUT2D eigenvalue weighted by Crippen LogP contribution is -2.48. The summed E-state index contributed by atoms with van der Waals surface area (Å²) >= 11 is 0. The number of aliphatic carboxylic acids is 1. The molecular weight excluding hydrogens is 256 g/mol. The third kappa shape index (κ3) is 4.69. The van der Waals surface area contributed by atoms with Crippen LogP contribution in [0.4, 0.5) is 4.79 Å². The summed E-state index contributed by atoms with van der Waals surface area (Å²) in [6, 6.07) is -0.0735. The van der Waals surface area contributed by atoms with Gasteiger partial charge in [-0.05, 0) is 44.4 Å². The van der Waals surface area contributed by atoms with Gasteiger partial charge in [-0.2, -0.15) is 0 Å². The number of nitrogens with one attached hydrogen (secondary N) is 1. The van der Waals surface area contributed by atoms with E-state index < -0.39 is 5.97 Å². The molecule has 2 aliphatic carbocycles. The summed E-state index contributed by atoms with van der Waals surface area (Å²) in [5.41, 5.74) is 0. The molecule has 5 heteroatoms. The Hall–Kier alpha value is -1.26. The van der Waals surface area contributed by atoms with E-state index in [0.29, 0.717) is 18.4 Å². The maximum Gasteiger partial charge on any atom is 0.323 e. The predicted molar refractivity (Wildman–Crippen MR) is 76.5 cm³/mol. The summed E-state index contributed by atoms with van der Waals surface area (Å²) in [4.78, 5) is 24.6. The van der Waals surface area contributed by atoms with Gasteiger partial charge in [0.05, 0.1) is 0 Å². The van der Waals surface area contributed by atoms with Crippen LogP contribution in [0, 0.1) is 11.8 Å². The van der Waals surface area contributed by atoms with E-state index in [4.69, 9.17) is 5.11 Å². The SMILES string of the molecule is CC(NC(=O)N(CC(=O)O)CC1CC1)C1CCCCC1. The Morgan fingerprint density at radius 3 is 2.40 bits per heavy atom. The van der Waals surface area contributed by atoms with Crippen LogP contribution in [0.2, 0.25) is 0 Å². The molecule has 0 spiro atoms. The molecule has 0 aromatic carbocycles. The van der Waals surface area contributed by atoms with E-state index in [1.165, 1.54) is 37.0 Å². The van der Waals surface area contributed by atoms with Gasteiger partial charge in [0, 0.05) is 12.6 Å². The lowest BCUT2D eigenvalue weighted by atomic mass is 9.84. The Labute approximate surface area is 120 Å². The van der Waals surface area contributed by atoms with Gasteiger partial charge in [0.25, 0.3) is 0 Å². The van der Waals surface area contributed by atoms with Crippen LogP contribution in [0.3, 0.4) is 0 Å². The molecule has 2 amide bonds. The van der Waals surface area contributed by atoms with Gasteiger partial charge in [-0.15, -0.1) is 0 Å². The molecule has 5 nitrogen and oxygen atoms in total. The lowest BCUT2D eigenvalue weighted by Gasteiger charge is -2.30.